The Morgan fingerprint density at radius 2 is 1.43 bits per heavy atom. The lowest BCUT2D eigenvalue weighted by molar-refractivity contribution is -0.115. The van der Waals surface area contributed by atoms with Gasteiger partial charge in [0.25, 0.3) is 0 Å². The summed E-state index contributed by atoms with van der Waals surface area (Å²) in [5, 5.41) is 27.8. The van der Waals surface area contributed by atoms with Crippen LogP contribution in [0, 0.1) is 0 Å². The van der Waals surface area contributed by atoms with Crippen molar-refractivity contribution < 1.29 is 24.6 Å². The Morgan fingerprint density at radius 1 is 0.775 bits per heavy atom. The van der Waals surface area contributed by atoms with Crippen molar-refractivity contribution in [1.29, 1.82) is 0 Å². The first kappa shape index (κ1) is 28.3. The molecule has 0 aromatic heterocycles. The predicted octanol–water partition coefficient (Wildman–Crippen LogP) is 6.57. The van der Waals surface area contributed by atoms with Crippen LogP contribution >= 0.6 is 24.0 Å². The van der Waals surface area contributed by atoms with E-state index < -0.39 is 11.2 Å². The van der Waals surface area contributed by atoms with Crippen molar-refractivity contribution in [3.8, 4) is 5.75 Å². The smallest absolute Gasteiger partial charge is 0.339 e. The van der Waals surface area contributed by atoms with Crippen LogP contribution < -0.4 is 16.0 Å². The van der Waals surface area contributed by atoms with Crippen LogP contribution in [0.2, 0.25) is 0 Å². The van der Waals surface area contributed by atoms with Crippen molar-refractivity contribution in [1.82, 2.24) is 0 Å². The van der Waals surface area contributed by atoms with Gasteiger partial charge in [-0.3, -0.25) is 9.59 Å². The molecule has 0 aliphatic rings. The predicted molar refractivity (Wildman–Crippen MR) is 161 cm³/mol. The number of hydrogen-bond donors (Lipinski definition) is 5. The van der Waals surface area contributed by atoms with Gasteiger partial charge in [0.2, 0.25) is 5.91 Å². The average molecular weight is 572 g/mol. The average Bonchev–Trinajstić information content (AvgIpc) is 2.93. The van der Waals surface area contributed by atoms with E-state index >= 15 is 0 Å². The molecule has 0 aliphatic heterocycles. The van der Waals surface area contributed by atoms with Crippen molar-refractivity contribution in [2.24, 2.45) is 0 Å². The van der Waals surface area contributed by atoms with Crippen LogP contribution in [-0.2, 0) is 4.79 Å². The number of carboxylic acid groups (broad SMARTS) is 1. The molecule has 5 N–H and O–H groups in total. The van der Waals surface area contributed by atoms with Crippen LogP contribution in [0.4, 0.5) is 17.1 Å². The number of Topliss-reactive ketones (excluding diaryl/α,β-unsaturated/α-hetero) is 1. The van der Waals surface area contributed by atoms with Gasteiger partial charge in [-0.05, 0) is 85.4 Å². The highest BCUT2D eigenvalue weighted by atomic mass is 32.2. The molecule has 0 saturated carbocycles. The largest absolute Gasteiger partial charge is 0.507 e. The highest BCUT2D eigenvalue weighted by molar-refractivity contribution is 8.00. The minimum atomic E-state index is -1.30. The molecule has 0 aliphatic carbocycles. The van der Waals surface area contributed by atoms with Gasteiger partial charge in [0.05, 0.1) is 0 Å². The normalized spacial score (nSPS) is 11.2. The molecule has 0 bridgehead atoms. The quantitative estimate of drug-likeness (QED) is 0.0655. The second-order valence-corrected chi connectivity index (χ2v) is 10.3. The van der Waals surface area contributed by atoms with E-state index in [1.54, 1.807) is 24.3 Å². The molecule has 0 radical (unpaired) electrons. The van der Waals surface area contributed by atoms with E-state index in [2.05, 4.69) is 16.0 Å². The molecule has 0 fully saturated rings. The maximum atomic E-state index is 13.4. The van der Waals surface area contributed by atoms with Crippen LogP contribution in [0.5, 0.6) is 5.75 Å². The van der Waals surface area contributed by atoms with Gasteiger partial charge in [-0.25, -0.2) is 4.79 Å². The third-order valence-corrected chi connectivity index (χ3v) is 7.18. The van der Waals surface area contributed by atoms with Crippen molar-refractivity contribution >= 4 is 63.8 Å². The topological polar surface area (TPSA) is 128 Å². The van der Waals surface area contributed by atoms with Crippen LogP contribution in [0.3, 0.4) is 0 Å². The number of hydrogen-bond acceptors (Lipinski definition) is 6. The SMILES string of the molecule is CC(=O)c1ccc(NC(=S)Nc2cccc(SC(C(=O)Nc3ccc(O)c(C(=O)O)c3)c3ccccc3)c2)cc1. The van der Waals surface area contributed by atoms with Gasteiger partial charge in [0.1, 0.15) is 16.6 Å². The standard InChI is InChI=1S/C30H25N3O5S2/c1-18(34)19-10-12-21(13-11-19)32-30(39)33-22-8-5-9-24(16-22)40-27(20-6-3-2-4-7-20)28(36)31-23-14-15-26(35)25(17-23)29(37)38/h2-17,27,35H,1H3,(H,31,36)(H,37,38)(H2,32,33,39). The summed E-state index contributed by atoms with van der Waals surface area (Å²) in [5.74, 6) is -2.06. The number of benzene rings is 4. The van der Waals surface area contributed by atoms with Crippen molar-refractivity contribution in [2.75, 3.05) is 16.0 Å². The molecule has 1 unspecified atom stereocenters. The summed E-state index contributed by atoms with van der Waals surface area (Å²) in [7, 11) is 0. The summed E-state index contributed by atoms with van der Waals surface area (Å²) in [6, 6.07) is 27.5. The maximum Gasteiger partial charge on any atom is 0.339 e. The number of thiocarbonyl (C=S) groups is 1. The number of anilines is 3. The fourth-order valence-corrected chi connectivity index (χ4v) is 5.08. The fourth-order valence-electron chi connectivity index (χ4n) is 3.76. The van der Waals surface area contributed by atoms with E-state index in [-0.39, 0.29) is 28.7 Å². The molecule has 0 spiro atoms. The zero-order valence-corrected chi connectivity index (χ0v) is 22.9. The van der Waals surface area contributed by atoms with E-state index in [1.165, 1.54) is 36.9 Å². The molecule has 4 aromatic carbocycles. The number of rotatable bonds is 9. The van der Waals surface area contributed by atoms with Gasteiger partial charge in [0.15, 0.2) is 10.9 Å². The summed E-state index contributed by atoms with van der Waals surface area (Å²) in [4.78, 5) is 37.1. The second kappa shape index (κ2) is 12.9. The van der Waals surface area contributed by atoms with Gasteiger partial charge in [-0.2, -0.15) is 0 Å². The second-order valence-electron chi connectivity index (χ2n) is 8.68. The van der Waals surface area contributed by atoms with E-state index in [0.29, 0.717) is 16.4 Å². The monoisotopic (exact) mass is 571 g/mol. The lowest BCUT2D eigenvalue weighted by atomic mass is 10.1. The Kier molecular flexibility index (Phi) is 9.15. The van der Waals surface area contributed by atoms with Gasteiger partial charge < -0.3 is 26.2 Å². The number of amides is 1. The number of carbonyl (C=O) groups excluding carboxylic acids is 2. The molecule has 202 valence electrons. The Balaban J connectivity index is 1.49. The maximum absolute atomic E-state index is 13.4. The van der Waals surface area contributed by atoms with Crippen molar-refractivity contribution in [3.05, 3.63) is 114 Å². The van der Waals surface area contributed by atoms with Crippen molar-refractivity contribution in [3.63, 3.8) is 0 Å². The minimum absolute atomic E-state index is 0.0165. The van der Waals surface area contributed by atoms with E-state index in [1.807, 2.05) is 54.6 Å². The molecular formula is C30H25N3O5S2. The number of carbonyl (C=O) groups is 3. The summed E-state index contributed by atoms with van der Waals surface area (Å²) in [6.07, 6.45) is 0. The zero-order chi connectivity index (χ0) is 28.6. The van der Waals surface area contributed by atoms with Gasteiger partial charge in [0, 0.05) is 27.5 Å². The minimum Gasteiger partial charge on any atom is -0.507 e. The van der Waals surface area contributed by atoms with Crippen LogP contribution in [0.15, 0.2) is 102 Å². The number of aromatic hydroxyl groups is 1. The van der Waals surface area contributed by atoms with E-state index in [4.69, 9.17) is 12.2 Å². The number of thioether (sulfide) groups is 1. The lowest BCUT2D eigenvalue weighted by Gasteiger charge is -2.18. The molecule has 4 rings (SSSR count). The lowest BCUT2D eigenvalue weighted by Crippen LogP contribution is -2.20. The Labute approximate surface area is 240 Å². The summed E-state index contributed by atoms with van der Waals surface area (Å²) in [6.45, 7) is 1.51. The van der Waals surface area contributed by atoms with E-state index in [0.717, 1.165) is 16.1 Å². The first-order chi connectivity index (χ1) is 19.2. The molecule has 1 amide bonds. The van der Waals surface area contributed by atoms with E-state index in [9.17, 15) is 24.6 Å². The number of nitrogens with one attached hydrogen (secondary N) is 3. The summed E-state index contributed by atoms with van der Waals surface area (Å²) < 4.78 is 0. The Hall–Kier alpha value is -4.67. The van der Waals surface area contributed by atoms with Crippen LogP contribution in [0.25, 0.3) is 0 Å². The molecule has 4 aromatic rings. The number of aromatic carboxylic acids is 1. The molecule has 1 atom stereocenters. The molecule has 8 nitrogen and oxygen atoms in total. The van der Waals surface area contributed by atoms with Gasteiger partial charge in [-0.15, -0.1) is 11.8 Å². The Morgan fingerprint density at radius 3 is 2.10 bits per heavy atom. The molecule has 10 heteroatoms. The molecular weight excluding hydrogens is 546 g/mol. The van der Waals surface area contributed by atoms with Crippen molar-refractivity contribution in [2.45, 2.75) is 17.1 Å². The molecule has 0 saturated heterocycles. The number of phenols is 1. The summed E-state index contributed by atoms with van der Waals surface area (Å²) >= 11 is 6.76. The highest BCUT2D eigenvalue weighted by Crippen LogP contribution is 2.37. The molecule has 40 heavy (non-hydrogen) atoms. The van der Waals surface area contributed by atoms with Crippen LogP contribution in [-0.4, -0.2) is 33.0 Å². The zero-order valence-electron chi connectivity index (χ0n) is 21.3. The third-order valence-electron chi connectivity index (χ3n) is 5.73. The fraction of sp³-hybridized carbons (Fsp3) is 0.0667. The highest BCUT2D eigenvalue weighted by Gasteiger charge is 2.23. The first-order valence-electron chi connectivity index (χ1n) is 12.1. The summed E-state index contributed by atoms with van der Waals surface area (Å²) in [5.41, 5.74) is 2.75. The number of ketones is 1. The number of carboxylic acids is 1. The first-order valence-corrected chi connectivity index (χ1v) is 13.4. The van der Waals surface area contributed by atoms with Gasteiger partial charge in [-0.1, -0.05) is 36.4 Å². The van der Waals surface area contributed by atoms with Crippen LogP contribution in [0.1, 0.15) is 38.5 Å². The third kappa shape index (κ3) is 7.46. The van der Waals surface area contributed by atoms with Gasteiger partial charge >= 0.3 is 5.97 Å². The molecule has 0 heterocycles. The Bertz CT molecular complexity index is 1560.